The van der Waals surface area contributed by atoms with Crippen molar-refractivity contribution in [3.05, 3.63) is 60.2 Å². The zero-order valence-corrected chi connectivity index (χ0v) is 14.2. The number of esters is 1. The molecule has 2 aromatic rings. The van der Waals surface area contributed by atoms with Crippen LogP contribution in [-0.2, 0) is 4.74 Å². The maximum atomic E-state index is 13.3. The third-order valence-corrected chi connectivity index (χ3v) is 7.58. The fourth-order valence-corrected chi connectivity index (χ4v) is 6.80. The summed E-state index contributed by atoms with van der Waals surface area (Å²) in [6.45, 7) is 0. The second kappa shape index (κ2) is 4.75. The van der Waals surface area contributed by atoms with Crippen molar-refractivity contribution >= 4 is 16.7 Å². The molecule has 25 heavy (non-hydrogen) atoms. The van der Waals surface area contributed by atoms with Crippen LogP contribution in [0.25, 0.3) is 10.8 Å². The summed E-state index contributed by atoms with van der Waals surface area (Å²) in [5.41, 5.74) is 0.511. The van der Waals surface area contributed by atoms with E-state index < -0.39 is 0 Å². The Morgan fingerprint density at radius 1 is 1.00 bits per heavy atom. The molecule has 0 saturated heterocycles. The lowest BCUT2D eigenvalue weighted by Gasteiger charge is -2.44. The Morgan fingerprint density at radius 3 is 2.84 bits per heavy atom. The van der Waals surface area contributed by atoms with Crippen molar-refractivity contribution < 1.29 is 9.53 Å². The number of ether oxygens (including phenoxy) is 1. The molecule has 6 atom stereocenters. The van der Waals surface area contributed by atoms with Gasteiger partial charge >= 0.3 is 5.97 Å². The summed E-state index contributed by atoms with van der Waals surface area (Å²) in [7, 11) is 0. The van der Waals surface area contributed by atoms with Crippen LogP contribution >= 0.6 is 0 Å². The van der Waals surface area contributed by atoms with E-state index in [1.165, 1.54) is 25.7 Å². The van der Waals surface area contributed by atoms with Crippen molar-refractivity contribution in [2.75, 3.05) is 0 Å². The van der Waals surface area contributed by atoms with Crippen LogP contribution in [0.2, 0.25) is 0 Å². The summed E-state index contributed by atoms with van der Waals surface area (Å²) in [5, 5.41) is 2.11. The maximum Gasteiger partial charge on any atom is 0.339 e. The number of benzene rings is 2. The molecule has 2 nitrogen and oxygen atoms in total. The Hall–Kier alpha value is -2.09. The Labute approximate surface area is 147 Å². The van der Waals surface area contributed by atoms with Gasteiger partial charge in [0, 0.05) is 11.8 Å². The number of rotatable bonds is 2. The van der Waals surface area contributed by atoms with E-state index in [0.717, 1.165) is 22.3 Å². The van der Waals surface area contributed by atoms with Gasteiger partial charge in [0.05, 0.1) is 5.56 Å². The molecular formula is C23H22O2. The third kappa shape index (κ3) is 1.68. The second-order valence-corrected chi connectivity index (χ2v) is 8.46. The molecule has 0 N–H and O–H groups in total. The molecule has 3 saturated carbocycles. The van der Waals surface area contributed by atoms with Gasteiger partial charge in [0.1, 0.15) is 5.60 Å². The first-order chi connectivity index (χ1) is 12.3. The summed E-state index contributed by atoms with van der Waals surface area (Å²) in [6, 6.07) is 14.1. The third-order valence-electron chi connectivity index (χ3n) is 7.58. The van der Waals surface area contributed by atoms with Gasteiger partial charge in [0.25, 0.3) is 0 Å². The zero-order chi connectivity index (χ0) is 16.6. The number of hydrogen-bond donors (Lipinski definition) is 0. The molecule has 4 aliphatic carbocycles. The van der Waals surface area contributed by atoms with Crippen LogP contribution in [0, 0.1) is 29.6 Å². The minimum atomic E-state index is -0.212. The highest BCUT2D eigenvalue weighted by Crippen LogP contribution is 2.69. The lowest BCUT2D eigenvalue weighted by atomic mass is 9.69. The standard InChI is InChI=1S/C23H22O2/c24-22(20-7-3-5-14-4-1-2-6-19(14)20)25-23-17-10-8-15(12-17)21(23)16-9-11-18(23)13-16/h1-8,10,15-18,21H,9,11-13H2. The molecule has 0 aromatic heterocycles. The topological polar surface area (TPSA) is 26.3 Å². The predicted octanol–water partition coefficient (Wildman–Crippen LogP) is 4.99. The van der Waals surface area contributed by atoms with E-state index in [1.807, 2.05) is 30.3 Å². The molecule has 3 fully saturated rings. The van der Waals surface area contributed by atoms with Crippen LogP contribution in [0.15, 0.2) is 54.6 Å². The van der Waals surface area contributed by atoms with E-state index in [9.17, 15) is 4.79 Å². The van der Waals surface area contributed by atoms with Crippen LogP contribution < -0.4 is 0 Å². The van der Waals surface area contributed by atoms with E-state index in [2.05, 4.69) is 24.3 Å². The minimum Gasteiger partial charge on any atom is -0.454 e. The lowest BCUT2D eigenvalue weighted by molar-refractivity contribution is -0.0891. The van der Waals surface area contributed by atoms with E-state index in [4.69, 9.17) is 4.74 Å². The van der Waals surface area contributed by atoms with Gasteiger partial charge in [-0.3, -0.25) is 0 Å². The minimum absolute atomic E-state index is 0.115. The highest BCUT2D eigenvalue weighted by Gasteiger charge is 2.70. The van der Waals surface area contributed by atoms with Gasteiger partial charge in [-0.1, -0.05) is 48.6 Å². The summed E-state index contributed by atoms with van der Waals surface area (Å²) in [5.74, 6) is 2.87. The summed E-state index contributed by atoms with van der Waals surface area (Å²) < 4.78 is 6.49. The fourth-order valence-electron chi connectivity index (χ4n) is 6.80. The number of carbonyl (C=O) groups excluding carboxylic acids is 1. The van der Waals surface area contributed by atoms with Crippen LogP contribution in [0.3, 0.4) is 0 Å². The Balaban J connectivity index is 1.42. The molecule has 126 valence electrons. The van der Waals surface area contributed by atoms with Gasteiger partial charge in [0.2, 0.25) is 0 Å². The normalized spacial score (nSPS) is 39.9. The van der Waals surface area contributed by atoms with E-state index >= 15 is 0 Å². The number of fused-ring (bicyclic) bond motifs is 10. The van der Waals surface area contributed by atoms with Crippen LogP contribution in [0.4, 0.5) is 0 Å². The molecule has 6 unspecified atom stereocenters. The Kier molecular flexibility index (Phi) is 2.68. The van der Waals surface area contributed by atoms with Crippen molar-refractivity contribution in [3.8, 4) is 0 Å². The molecule has 4 bridgehead atoms. The van der Waals surface area contributed by atoms with Crippen molar-refractivity contribution in [1.29, 1.82) is 0 Å². The van der Waals surface area contributed by atoms with E-state index in [-0.39, 0.29) is 11.6 Å². The molecule has 6 rings (SSSR count). The molecule has 0 amide bonds. The average molecular weight is 330 g/mol. The molecule has 0 spiro atoms. The van der Waals surface area contributed by atoms with Gasteiger partial charge in [-0.05, 0) is 60.3 Å². The highest BCUT2D eigenvalue weighted by atomic mass is 16.6. The van der Waals surface area contributed by atoms with Crippen molar-refractivity contribution in [2.45, 2.75) is 31.3 Å². The first-order valence-corrected chi connectivity index (χ1v) is 9.67. The van der Waals surface area contributed by atoms with Crippen molar-refractivity contribution in [1.82, 2.24) is 0 Å². The van der Waals surface area contributed by atoms with Crippen molar-refractivity contribution in [3.63, 3.8) is 0 Å². The quantitative estimate of drug-likeness (QED) is 0.441. The van der Waals surface area contributed by atoms with Crippen LogP contribution in [0.1, 0.15) is 36.0 Å². The summed E-state index contributed by atoms with van der Waals surface area (Å²) >= 11 is 0. The molecule has 4 aliphatic rings. The van der Waals surface area contributed by atoms with E-state index in [1.54, 1.807) is 0 Å². The summed E-state index contributed by atoms with van der Waals surface area (Å²) in [6.07, 6.45) is 9.78. The molecule has 2 heteroatoms. The largest absolute Gasteiger partial charge is 0.454 e. The number of allylic oxidation sites excluding steroid dienone is 1. The van der Waals surface area contributed by atoms with Crippen LogP contribution in [-0.4, -0.2) is 11.6 Å². The monoisotopic (exact) mass is 330 g/mol. The first-order valence-electron chi connectivity index (χ1n) is 9.67. The number of carbonyl (C=O) groups is 1. The lowest BCUT2D eigenvalue weighted by Crippen LogP contribution is -2.50. The van der Waals surface area contributed by atoms with Gasteiger partial charge < -0.3 is 4.74 Å². The first kappa shape index (κ1) is 14.1. The Bertz CT molecular complexity index is 908. The van der Waals surface area contributed by atoms with Crippen molar-refractivity contribution in [2.24, 2.45) is 29.6 Å². The highest BCUT2D eigenvalue weighted by molar-refractivity contribution is 6.04. The second-order valence-electron chi connectivity index (χ2n) is 8.46. The smallest absolute Gasteiger partial charge is 0.339 e. The average Bonchev–Trinajstić information content (AvgIpc) is 3.40. The summed E-state index contributed by atoms with van der Waals surface area (Å²) in [4.78, 5) is 13.3. The van der Waals surface area contributed by atoms with E-state index in [0.29, 0.717) is 23.7 Å². The van der Waals surface area contributed by atoms with Gasteiger partial charge in [-0.25, -0.2) is 4.79 Å². The SMILES string of the molecule is O=C(OC12C3C=CC(C3)C1C1CCC2C1)c1cccc2ccccc12. The van der Waals surface area contributed by atoms with Gasteiger partial charge in [-0.2, -0.15) is 0 Å². The molecule has 0 radical (unpaired) electrons. The molecule has 0 heterocycles. The maximum absolute atomic E-state index is 13.3. The Morgan fingerprint density at radius 2 is 1.88 bits per heavy atom. The molecule has 2 aromatic carbocycles. The molecular weight excluding hydrogens is 308 g/mol. The van der Waals surface area contributed by atoms with Crippen LogP contribution in [0.5, 0.6) is 0 Å². The van der Waals surface area contributed by atoms with Gasteiger partial charge in [-0.15, -0.1) is 0 Å². The predicted molar refractivity (Wildman–Crippen MR) is 97.2 cm³/mol. The zero-order valence-electron chi connectivity index (χ0n) is 14.2. The molecule has 0 aliphatic heterocycles. The van der Waals surface area contributed by atoms with Gasteiger partial charge in [0.15, 0.2) is 0 Å². The number of hydrogen-bond acceptors (Lipinski definition) is 2. The fraction of sp³-hybridized carbons (Fsp3) is 0.435.